The molecule has 1 aliphatic heterocycles. The Balaban J connectivity index is 1.30. The third-order valence-corrected chi connectivity index (χ3v) is 6.05. The van der Waals surface area contributed by atoms with Crippen molar-refractivity contribution in [1.29, 1.82) is 0 Å². The zero-order chi connectivity index (χ0) is 24.7. The van der Waals surface area contributed by atoms with Crippen LogP contribution in [-0.2, 0) is 26.4 Å². The lowest BCUT2D eigenvalue weighted by atomic mass is 9.76. The van der Waals surface area contributed by atoms with Crippen LogP contribution in [0.1, 0.15) is 23.1 Å². The summed E-state index contributed by atoms with van der Waals surface area (Å²) in [7, 11) is 1.49. The maximum absolute atomic E-state index is 11.2. The Bertz CT molecular complexity index is 1160. The Morgan fingerprint density at radius 1 is 0.971 bits per heavy atom. The lowest BCUT2D eigenvalue weighted by molar-refractivity contribution is -0.145. The second-order valence-corrected chi connectivity index (χ2v) is 8.75. The number of nitrogens with zero attached hydrogens (tertiary/aromatic N) is 1. The first kappa shape index (κ1) is 24.6. The van der Waals surface area contributed by atoms with Crippen LogP contribution in [0.5, 0.6) is 11.5 Å². The molecule has 0 unspecified atom stereocenters. The average Bonchev–Trinajstić information content (AvgIpc) is 2.84. The van der Waals surface area contributed by atoms with Crippen LogP contribution >= 0.6 is 11.6 Å². The predicted molar refractivity (Wildman–Crippen MR) is 132 cm³/mol. The van der Waals surface area contributed by atoms with E-state index in [-0.39, 0.29) is 13.0 Å². The highest BCUT2D eigenvalue weighted by molar-refractivity contribution is 6.30. The van der Waals surface area contributed by atoms with Crippen LogP contribution in [0.25, 0.3) is 0 Å². The SMILES string of the molecule is CO/N=C(\COc1ccc(COc2ccc(C3(CC(=O)O)COC3)cc2)cc1)c1ccc(Cl)cc1. The number of hydrogen-bond acceptors (Lipinski definition) is 6. The number of aliphatic carboxylic acids is 1. The van der Waals surface area contributed by atoms with Crippen LogP contribution in [-0.4, -0.2) is 43.7 Å². The first-order valence-corrected chi connectivity index (χ1v) is 11.5. The fourth-order valence-corrected chi connectivity index (χ4v) is 3.95. The molecule has 3 aromatic carbocycles. The van der Waals surface area contributed by atoms with E-state index in [1.54, 1.807) is 12.1 Å². The number of hydrogen-bond donors (Lipinski definition) is 1. The van der Waals surface area contributed by atoms with E-state index < -0.39 is 11.4 Å². The molecule has 1 heterocycles. The Labute approximate surface area is 208 Å². The summed E-state index contributed by atoms with van der Waals surface area (Å²) in [6, 6.07) is 22.5. The molecule has 182 valence electrons. The van der Waals surface area contributed by atoms with E-state index in [1.165, 1.54) is 7.11 Å². The molecule has 35 heavy (non-hydrogen) atoms. The van der Waals surface area contributed by atoms with Crippen LogP contribution in [0.2, 0.25) is 5.02 Å². The molecule has 8 heteroatoms. The highest BCUT2D eigenvalue weighted by atomic mass is 35.5. The van der Waals surface area contributed by atoms with E-state index in [2.05, 4.69) is 5.16 Å². The van der Waals surface area contributed by atoms with E-state index in [0.29, 0.717) is 42.1 Å². The largest absolute Gasteiger partial charge is 0.489 e. The van der Waals surface area contributed by atoms with Gasteiger partial charge in [0.2, 0.25) is 0 Å². The topological polar surface area (TPSA) is 86.6 Å². The van der Waals surface area contributed by atoms with Gasteiger partial charge in [0, 0.05) is 10.6 Å². The number of carboxylic acid groups (broad SMARTS) is 1. The van der Waals surface area contributed by atoms with Crippen LogP contribution in [0.15, 0.2) is 78.0 Å². The summed E-state index contributed by atoms with van der Waals surface area (Å²) in [5.74, 6) is 0.582. The maximum atomic E-state index is 11.2. The summed E-state index contributed by atoms with van der Waals surface area (Å²) in [5, 5.41) is 13.9. The molecule has 0 aromatic heterocycles. The van der Waals surface area contributed by atoms with E-state index in [9.17, 15) is 9.90 Å². The average molecular weight is 496 g/mol. The number of halogens is 1. The molecule has 0 spiro atoms. The fourth-order valence-electron chi connectivity index (χ4n) is 3.83. The summed E-state index contributed by atoms with van der Waals surface area (Å²) in [6.07, 6.45) is 0.0557. The smallest absolute Gasteiger partial charge is 0.304 e. The maximum Gasteiger partial charge on any atom is 0.304 e. The Kier molecular flexibility index (Phi) is 7.90. The van der Waals surface area contributed by atoms with Gasteiger partial charge < -0.3 is 24.2 Å². The van der Waals surface area contributed by atoms with Crippen molar-refractivity contribution in [3.8, 4) is 11.5 Å². The van der Waals surface area contributed by atoms with Gasteiger partial charge in [-0.05, 0) is 47.5 Å². The highest BCUT2D eigenvalue weighted by Gasteiger charge is 2.42. The molecule has 1 aliphatic rings. The minimum atomic E-state index is -0.826. The standard InChI is InChI=1S/C27H26ClNO6/c1-32-29-25(20-4-8-22(28)9-5-20)16-35-23-10-2-19(3-11-23)15-34-24-12-6-21(7-13-24)27(14-26(30)31)17-33-18-27/h2-13H,14-18H2,1H3,(H,30,31)/b29-25+. The van der Waals surface area contributed by atoms with Gasteiger partial charge in [0.15, 0.2) is 0 Å². The Morgan fingerprint density at radius 2 is 1.60 bits per heavy atom. The third kappa shape index (κ3) is 6.32. The molecule has 1 saturated heterocycles. The normalized spacial score (nSPS) is 14.6. The van der Waals surface area contributed by atoms with E-state index in [0.717, 1.165) is 16.7 Å². The number of carboxylic acids is 1. The highest BCUT2D eigenvalue weighted by Crippen LogP contribution is 2.36. The number of rotatable bonds is 11. The van der Waals surface area contributed by atoms with Gasteiger partial charge in [-0.15, -0.1) is 0 Å². The lowest BCUT2D eigenvalue weighted by Crippen LogP contribution is -2.48. The predicted octanol–water partition coefficient (Wildman–Crippen LogP) is 5.09. The number of benzene rings is 3. The van der Waals surface area contributed by atoms with Gasteiger partial charge in [0.05, 0.1) is 25.0 Å². The van der Waals surface area contributed by atoms with Gasteiger partial charge in [-0.2, -0.15) is 0 Å². The number of oxime groups is 1. The zero-order valence-corrected chi connectivity index (χ0v) is 20.0. The third-order valence-electron chi connectivity index (χ3n) is 5.80. The van der Waals surface area contributed by atoms with Crippen LogP contribution in [0, 0.1) is 0 Å². The molecule has 1 N–H and O–H groups in total. The molecular formula is C27H26ClNO6. The van der Waals surface area contributed by atoms with Gasteiger partial charge >= 0.3 is 5.97 Å². The fraction of sp³-hybridized carbons (Fsp3) is 0.259. The summed E-state index contributed by atoms with van der Waals surface area (Å²) in [6.45, 7) is 1.48. The molecule has 0 bridgehead atoms. The first-order valence-electron chi connectivity index (χ1n) is 11.1. The van der Waals surface area contributed by atoms with Crippen molar-refractivity contribution in [3.63, 3.8) is 0 Å². The van der Waals surface area contributed by atoms with Crippen LogP contribution < -0.4 is 9.47 Å². The molecular weight excluding hydrogens is 470 g/mol. The van der Waals surface area contributed by atoms with Crippen molar-refractivity contribution in [3.05, 3.63) is 94.5 Å². The van der Waals surface area contributed by atoms with Crippen molar-refractivity contribution in [1.82, 2.24) is 0 Å². The summed E-state index contributed by atoms with van der Waals surface area (Å²) < 4.78 is 17.1. The molecule has 0 atom stereocenters. The van der Waals surface area contributed by atoms with Gasteiger partial charge in [-0.1, -0.05) is 53.2 Å². The van der Waals surface area contributed by atoms with Crippen molar-refractivity contribution >= 4 is 23.3 Å². The van der Waals surface area contributed by atoms with Gasteiger partial charge in [0.25, 0.3) is 0 Å². The second kappa shape index (κ2) is 11.3. The van der Waals surface area contributed by atoms with Crippen molar-refractivity contribution in [2.45, 2.75) is 18.4 Å². The summed E-state index contributed by atoms with van der Waals surface area (Å²) >= 11 is 5.96. The van der Waals surface area contributed by atoms with Gasteiger partial charge in [-0.25, -0.2) is 0 Å². The molecule has 0 amide bonds. The summed E-state index contributed by atoms with van der Waals surface area (Å²) in [5.41, 5.74) is 3.01. The molecule has 0 saturated carbocycles. The first-order chi connectivity index (χ1) is 17.0. The molecule has 3 aromatic rings. The molecule has 1 fully saturated rings. The minimum absolute atomic E-state index is 0.0557. The molecule has 7 nitrogen and oxygen atoms in total. The quantitative estimate of drug-likeness (QED) is 0.294. The van der Waals surface area contributed by atoms with Crippen molar-refractivity contribution in [2.24, 2.45) is 5.16 Å². The molecule has 4 rings (SSSR count). The van der Waals surface area contributed by atoms with E-state index in [1.807, 2.05) is 60.7 Å². The number of ether oxygens (including phenoxy) is 3. The number of carbonyl (C=O) groups is 1. The second-order valence-electron chi connectivity index (χ2n) is 8.32. The summed E-state index contributed by atoms with van der Waals surface area (Å²) in [4.78, 5) is 16.2. The lowest BCUT2D eigenvalue weighted by Gasteiger charge is -2.40. The van der Waals surface area contributed by atoms with Crippen molar-refractivity contribution in [2.75, 3.05) is 26.9 Å². The van der Waals surface area contributed by atoms with Gasteiger partial charge in [0.1, 0.15) is 37.5 Å². The molecule has 0 radical (unpaired) electrons. The molecule has 0 aliphatic carbocycles. The van der Waals surface area contributed by atoms with Crippen molar-refractivity contribution < 1.29 is 28.9 Å². The zero-order valence-electron chi connectivity index (χ0n) is 19.3. The van der Waals surface area contributed by atoms with Crippen LogP contribution in [0.3, 0.4) is 0 Å². The minimum Gasteiger partial charge on any atom is -0.489 e. The van der Waals surface area contributed by atoms with E-state index >= 15 is 0 Å². The van der Waals surface area contributed by atoms with E-state index in [4.69, 9.17) is 30.6 Å². The monoisotopic (exact) mass is 495 g/mol. The Morgan fingerprint density at radius 3 is 2.17 bits per heavy atom. The van der Waals surface area contributed by atoms with Gasteiger partial charge in [-0.3, -0.25) is 4.79 Å². The Hall–Kier alpha value is -3.55. The van der Waals surface area contributed by atoms with Crippen LogP contribution in [0.4, 0.5) is 0 Å².